The molecule has 0 aliphatic carbocycles. The van der Waals surface area contributed by atoms with Gasteiger partial charge in [0, 0.05) is 0 Å². The van der Waals surface area contributed by atoms with Crippen molar-refractivity contribution in [2.45, 2.75) is 12.1 Å². The number of nitrogens with zero attached hydrogens (tertiary/aromatic N) is 2. The van der Waals surface area contributed by atoms with E-state index in [1.165, 1.54) is 24.3 Å². The summed E-state index contributed by atoms with van der Waals surface area (Å²) < 4.78 is 61.8. The number of alkyl halides is 5. The molecule has 2 rings (SSSR count). The number of amidine groups is 1. The first kappa shape index (κ1) is 10.8. The summed E-state index contributed by atoms with van der Waals surface area (Å²) in [7, 11) is 0. The number of benzene rings is 1. The van der Waals surface area contributed by atoms with Gasteiger partial charge in [-0.05, 0) is 12.1 Å². The minimum absolute atomic E-state index is 0.0152. The average molecular weight is 235 g/mol. The highest BCUT2D eigenvalue weighted by atomic mass is 19.4. The van der Waals surface area contributed by atoms with Crippen molar-refractivity contribution in [1.82, 2.24) is 5.32 Å². The highest BCUT2D eigenvalue weighted by Gasteiger charge is 2.63. The second kappa shape index (κ2) is 3.16. The van der Waals surface area contributed by atoms with Gasteiger partial charge in [-0.3, -0.25) is 0 Å². The molecule has 16 heavy (non-hydrogen) atoms. The van der Waals surface area contributed by atoms with E-state index in [4.69, 9.17) is 0 Å². The predicted molar refractivity (Wildman–Crippen MR) is 46.3 cm³/mol. The van der Waals surface area contributed by atoms with Crippen LogP contribution in [0.1, 0.15) is 0 Å². The van der Waals surface area contributed by atoms with Crippen LogP contribution >= 0.6 is 0 Å². The van der Waals surface area contributed by atoms with E-state index < -0.39 is 17.9 Å². The van der Waals surface area contributed by atoms with E-state index in [-0.39, 0.29) is 11.4 Å². The van der Waals surface area contributed by atoms with Gasteiger partial charge in [-0.1, -0.05) is 12.1 Å². The number of halogens is 5. The zero-order valence-corrected chi connectivity index (χ0v) is 7.59. The molecule has 1 aliphatic rings. The van der Waals surface area contributed by atoms with Crippen LogP contribution in [-0.2, 0) is 0 Å². The molecule has 1 aromatic rings. The summed E-state index contributed by atoms with van der Waals surface area (Å²) >= 11 is 0. The molecule has 0 unspecified atom stereocenters. The van der Waals surface area contributed by atoms with Crippen molar-refractivity contribution >= 4 is 17.2 Å². The molecule has 1 heterocycles. The molecule has 0 spiro atoms. The summed E-state index contributed by atoms with van der Waals surface area (Å²) in [5, 5.41) is 3.17. The van der Waals surface area contributed by atoms with Crippen LogP contribution in [0.2, 0.25) is 0 Å². The normalized spacial score (nSPS) is 15.4. The van der Waals surface area contributed by atoms with Crippen LogP contribution in [0.15, 0.2) is 29.3 Å². The van der Waals surface area contributed by atoms with Crippen LogP contribution in [0.3, 0.4) is 0 Å². The lowest BCUT2D eigenvalue weighted by Gasteiger charge is -2.18. The number of fused-ring (bicyclic) bond motifs is 1. The third-order valence-corrected chi connectivity index (χ3v) is 1.97. The predicted octanol–water partition coefficient (Wildman–Crippen LogP) is 3.16. The first-order valence-corrected chi connectivity index (χ1v) is 4.17. The quantitative estimate of drug-likeness (QED) is 0.668. The van der Waals surface area contributed by atoms with Gasteiger partial charge in [-0.25, -0.2) is 10.3 Å². The molecule has 0 saturated carbocycles. The Morgan fingerprint density at radius 3 is 1.94 bits per heavy atom. The lowest BCUT2D eigenvalue weighted by Crippen LogP contribution is -2.46. The Hall–Kier alpha value is -1.66. The van der Waals surface area contributed by atoms with Gasteiger partial charge in [0.15, 0.2) is 0 Å². The van der Waals surface area contributed by atoms with E-state index in [0.29, 0.717) is 0 Å². The van der Waals surface area contributed by atoms with E-state index in [1.54, 1.807) is 0 Å². The van der Waals surface area contributed by atoms with Gasteiger partial charge in [0.25, 0.3) is 0 Å². The Bertz CT molecular complexity index is 449. The summed E-state index contributed by atoms with van der Waals surface area (Å²) in [6.45, 7) is 0. The Balaban J connectivity index is 2.36. The van der Waals surface area contributed by atoms with Crippen molar-refractivity contribution in [2.75, 3.05) is 0 Å². The minimum atomic E-state index is -5.68. The van der Waals surface area contributed by atoms with Gasteiger partial charge in [0.05, 0.1) is 11.4 Å². The van der Waals surface area contributed by atoms with Gasteiger partial charge in [0.2, 0.25) is 5.84 Å². The van der Waals surface area contributed by atoms with E-state index in [9.17, 15) is 22.0 Å². The topological polar surface area (TPSA) is 26.5 Å². The lowest BCUT2D eigenvalue weighted by atomic mass is 10.3. The molecule has 7 heteroatoms. The fourth-order valence-electron chi connectivity index (χ4n) is 1.17. The number of hydrogen-bond acceptors (Lipinski definition) is 1. The highest BCUT2D eigenvalue weighted by Crippen LogP contribution is 2.41. The van der Waals surface area contributed by atoms with Crippen LogP contribution in [0, 0.1) is 0 Å². The lowest BCUT2D eigenvalue weighted by molar-refractivity contribution is -0.250. The molecule has 0 atom stereocenters. The van der Waals surface area contributed by atoms with Crippen LogP contribution in [0.25, 0.3) is 0 Å². The van der Waals surface area contributed by atoms with Crippen molar-refractivity contribution in [1.29, 1.82) is 0 Å². The molecule has 1 radical (unpaired) electrons. The third-order valence-electron chi connectivity index (χ3n) is 1.97. The zero-order valence-electron chi connectivity index (χ0n) is 7.59. The Morgan fingerprint density at radius 2 is 1.44 bits per heavy atom. The molecule has 1 aliphatic heterocycles. The third kappa shape index (κ3) is 1.52. The summed E-state index contributed by atoms with van der Waals surface area (Å²) in [5.74, 6) is -6.53. The first-order chi connectivity index (χ1) is 7.32. The monoisotopic (exact) mass is 235 g/mol. The highest BCUT2D eigenvalue weighted by molar-refractivity contribution is 6.00. The molecule has 2 nitrogen and oxygen atoms in total. The van der Waals surface area contributed by atoms with Gasteiger partial charge < -0.3 is 0 Å². The second-order valence-electron chi connectivity index (χ2n) is 3.11. The number of para-hydroxylation sites is 2. The molecule has 0 saturated heterocycles. The summed E-state index contributed by atoms with van der Waals surface area (Å²) in [4.78, 5) is 3.17. The van der Waals surface area contributed by atoms with Crippen LogP contribution in [0.5, 0.6) is 0 Å². The van der Waals surface area contributed by atoms with Crippen molar-refractivity contribution in [3.8, 4) is 0 Å². The second-order valence-corrected chi connectivity index (χ2v) is 3.11. The van der Waals surface area contributed by atoms with Gasteiger partial charge in [-0.15, -0.1) is 0 Å². The number of hydrogen-bond donors (Lipinski definition) is 0. The molecular weight excluding hydrogens is 231 g/mol. The first-order valence-electron chi connectivity index (χ1n) is 4.17. The Kier molecular flexibility index (Phi) is 2.14. The molecule has 0 bridgehead atoms. The molecule has 0 N–H and O–H groups in total. The molecule has 0 aromatic heterocycles. The largest absolute Gasteiger partial charge is 0.461 e. The maximum atomic E-state index is 12.9. The molecule has 1 aromatic carbocycles. The van der Waals surface area contributed by atoms with Crippen molar-refractivity contribution < 1.29 is 22.0 Å². The summed E-state index contributed by atoms with van der Waals surface area (Å²) in [6, 6.07) is 5.59. The van der Waals surface area contributed by atoms with Crippen molar-refractivity contribution in [3.05, 3.63) is 24.3 Å². The number of rotatable bonds is 1. The fraction of sp³-hybridized carbons (Fsp3) is 0.222. The summed E-state index contributed by atoms with van der Waals surface area (Å²) in [6.07, 6.45) is -5.68. The van der Waals surface area contributed by atoms with Crippen molar-refractivity contribution in [2.24, 2.45) is 4.99 Å². The molecule has 85 valence electrons. The number of aliphatic imine (C=N–C) groups is 1. The maximum Gasteiger partial charge on any atom is 0.461 e. The van der Waals surface area contributed by atoms with E-state index in [1.807, 2.05) is 0 Å². The molecule has 0 amide bonds. The van der Waals surface area contributed by atoms with Crippen molar-refractivity contribution in [3.63, 3.8) is 0 Å². The fourth-order valence-corrected chi connectivity index (χ4v) is 1.17. The van der Waals surface area contributed by atoms with Gasteiger partial charge >= 0.3 is 12.1 Å². The molecule has 0 fully saturated rings. The standard InChI is InChI=1S/C9H4F5N2/c10-8(11,9(12,13)14)7-15-5-3-1-2-4-6(5)16-7/h1-4H. The van der Waals surface area contributed by atoms with Crippen LogP contribution < -0.4 is 5.32 Å². The zero-order chi connectivity index (χ0) is 12.0. The Morgan fingerprint density at radius 1 is 0.875 bits per heavy atom. The molecular formula is C9H4F5N2. The van der Waals surface area contributed by atoms with Crippen LogP contribution in [0.4, 0.5) is 33.3 Å². The Labute approximate surface area is 86.8 Å². The van der Waals surface area contributed by atoms with E-state index in [2.05, 4.69) is 10.3 Å². The maximum absolute atomic E-state index is 12.9. The minimum Gasteiger partial charge on any atom is -0.225 e. The average Bonchev–Trinajstić information content (AvgIpc) is 2.59. The summed E-state index contributed by atoms with van der Waals surface area (Å²) in [5.41, 5.74) is 0.0304. The van der Waals surface area contributed by atoms with E-state index >= 15 is 0 Å². The smallest absolute Gasteiger partial charge is 0.225 e. The SMILES string of the molecule is FC(F)(F)C(F)(F)C1=Nc2ccccc2[N]1. The van der Waals surface area contributed by atoms with E-state index in [0.717, 1.165) is 0 Å². The van der Waals surface area contributed by atoms with Gasteiger partial charge in [-0.2, -0.15) is 22.0 Å². The van der Waals surface area contributed by atoms with Gasteiger partial charge in [0.1, 0.15) is 0 Å². The van der Waals surface area contributed by atoms with Crippen LogP contribution in [-0.4, -0.2) is 17.9 Å².